The highest BCUT2D eigenvalue weighted by Gasteiger charge is 2.07. The van der Waals surface area contributed by atoms with Gasteiger partial charge < -0.3 is 5.32 Å². The zero-order valence-corrected chi connectivity index (χ0v) is 11.5. The van der Waals surface area contributed by atoms with Gasteiger partial charge in [-0.3, -0.25) is 0 Å². The molecule has 0 spiro atoms. The number of anilines is 1. The molecule has 0 amide bonds. The van der Waals surface area contributed by atoms with E-state index in [0.29, 0.717) is 5.56 Å². The van der Waals surface area contributed by atoms with Gasteiger partial charge in [0.2, 0.25) is 0 Å². The molecule has 90 valence electrons. The Labute approximate surface area is 115 Å². The van der Waals surface area contributed by atoms with Gasteiger partial charge in [0.25, 0.3) is 0 Å². The fourth-order valence-electron chi connectivity index (χ4n) is 1.63. The van der Waals surface area contributed by atoms with Crippen LogP contribution in [-0.4, -0.2) is 4.98 Å². The SMILES string of the molecule is CC(Nc1ncccc1Br)c1ccc(C#N)cc1. The highest BCUT2D eigenvalue weighted by Crippen LogP contribution is 2.24. The van der Waals surface area contributed by atoms with Crippen LogP contribution in [0.25, 0.3) is 0 Å². The largest absolute Gasteiger partial charge is 0.363 e. The van der Waals surface area contributed by atoms with Gasteiger partial charge in [-0.25, -0.2) is 4.98 Å². The van der Waals surface area contributed by atoms with Crippen molar-refractivity contribution in [3.05, 3.63) is 58.2 Å². The van der Waals surface area contributed by atoms with Crippen LogP contribution in [0.4, 0.5) is 5.82 Å². The lowest BCUT2D eigenvalue weighted by Crippen LogP contribution is -2.08. The molecule has 1 unspecified atom stereocenters. The Kier molecular flexibility index (Phi) is 3.96. The van der Waals surface area contributed by atoms with Crippen LogP contribution in [0.2, 0.25) is 0 Å². The molecule has 2 rings (SSSR count). The van der Waals surface area contributed by atoms with E-state index in [0.717, 1.165) is 15.9 Å². The average molecular weight is 302 g/mol. The number of hydrogen-bond donors (Lipinski definition) is 1. The molecular formula is C14H12BrN3. The average Bonchev–Trinajstić information content (AvgIpc) is 2.41. The van der Waals surface area contributed by atoms with E-state index in [2.05, 4.69) is 39.2 Å². The van der Waals surface area contributed by atoms with Crippen molar-refractivity contribution >= 4 is 21.7 Å². The first kappa shape index (κ1) is 12.6. The fourth-order valence-corrected chi connectivity index (χ4v) is 2.00. The molecule has 0 aliphatic rings. The number of benzene rings is 1. The number of rotatable bonds is 3. The molecule has 1 atom stereocenters. The molecule has 0 saturated carbocycles. The van der Waals surface area contributed by atoms with Crippen molar-refractivity contribution < 1.29 is 0 Å². The van der Waals surface area contributed by atoms with Crippen LogP contribution in [0.15, 0.2) is 47.1 Å². The number of nitrogens with one attached hydrogen (secondary N) is 1. The molecule has 0 aliphatic carbocycles. The molecule has 1 aromatic carbocycles. The second-order valence-electron chi connectivity index (χ2n) is 3.93. The fraction of sp³-hybridized carbons (Fsp3) is 0.143. The van der Waals surface area contributed by atoms with Crippen molar-refractivity contribution in [2.45, 2.75) is 13.0 Å². The van der Waals surface area contributed by atoms with Gasteiger partial charge >= 0.3 is 0 Å². The van der Waals surface area contributed by atoms with Gasteiger partial charge in [-0.1, -0.05) is 12.1 Å². The Bertz CT molecular complexity index is 572. The topological polar surface area (TPSA) is 48.7 Å². The molecular weight excluding hydrogens is 290 g/mol. The quantitative estimate of drug-likeness (QED) is 0.935. The summed E-state index contributed by atoms with van der Waals surface area (Å²) in [6, 6.07) is 13.6. The predicted octanol–water partition coefficient (Wildman–Crippen LogP) is 3.89. The van der Waals surface area contributed by atoms with Crippen LogP contribution in [0.5, 0.6) is 0 Å². The lowest BCUT2D eigenvalue weighted by atomic mass is 10.1. The molecule has 0 saturated heterocycles. The van der Waals surface area contributed by atoms with Gasteiger partial charge in [-0.2, -0.15) is 5.26 Å². The number of aromatic nitrogens is 1. The normalized spacial score (nSPS) is 11.6. The zero-order chi connectivity index (χ0) is 13.0. The Morgan fingerprint density at radius 1 is 1.28 bits per heavy atom. The molecule has 0 fully saturated rings. The molecule has 0 aliphatic heterocycles. The van der Waals surface area contributed by atoms with E-state index < -0.39 is 0 Å². The van der Waals surface area contributed by atoms with Gasteiger partial charge in [-0.05, 0) is 52.7 Å². The van der Waals surface area contributed by atoms with E-state index in [1.165, 1.54) is 0 Å². The second kappa shape index (κ2) is 5.65. The van der Waals surface area contributed by atoms with Crippen molar-refractivity contribution in [1.29, 1.82) is 5.26 Å². The van der Waals surface area contributed by atoms with E-state index in [9.17, 15) is 0 Å². The van der Waals surface area contributed by atoms with Gasteiger partial charge in [-0.15, -0.1) is 0 Å². The number of hydrogen-bond acceptors (Lipinski definition) is 3. The molecule has 1 aromatic heterocycles. The summed E-state index contributed by atoms with van der Waals surface area (Å²) in [5.41, 5.74) is 1.79. The van der Waals surface area contributed by atoms with Crippen LogP contribution in [-0.2, 0) is 0 Å². The van der Waals surface area contributed by atoms with E-state index in [1.807, 2.05) is 36.4 Å². The molecule has 18 heavy (non-hydrogen) atoms. The van der Waals surface area contributed by atoms with Crippen molar-refractivity contribution in [2.75, 3.05) is 5.32 Å². The second-order valence-corrected chi connectivity index (χ2v) is 4.79. The van der Waals surface area contributed by atoms with Gasteiger partial charge in [0, 0.05) is 12.2 Å². The number of nitriles is 1. The van der Waals surface area contributed by atoms with Crippen molar-refractivity contribution in [3.8, 4) is 6.07 Å². The Morgan fingerprint density at radius 3 is 2.61 bits per heavy atom. The highest BCUT2D eigenvalue weighted by molar-refractivity contribution is 9.10. The first-order chi connectivity index (χ1) is 8.70. The molecule has 3 nitrogen and oxygen atoms in total. The summed E-state index contributed by atoms with van der Waals surface area (Å²) < 4.78 is 0.936. The van der Waals surface area contributed by atoms with Crippen LogP contribution >= 0.6 is 15.9 Å². The van der Waals surface area contributed by atoms with Crippen molar-refractivity contribution in [2.24, 2.45) is 0 Å². The number of halogens is 1. The third-order valence-corrected chi connectivity index (χ3v) is 3.29. The molecule has 2 aromatic rings. The van der Waals surface area contributed by atoms with Gasteiger partial charge in [0.05, 0.1) is 16.1 Å². The maximum absolute atomic E-state index is 8.76. The smallest absolute Gasteiger partial charge is 0.140 e. The first-order valence-corrected chi connectivity index (χ1v) is 6.37. The van der Waals surface area contributed by atoms with E-state index >= 15 is 0 Å². The minimum atomic E-state index is 0.129. The van der Waals surface area contributed by atoms with Crippen LogP contribution in [0.1, 0.15) is 24.1 Å². The number of nitrogens with zero attached hydrogens (tertiary/aromatic N) is 2. The summed E-state index contributed by atoms with van der Waals surface area (Å²) in [7, 11) is 0. The van der Waals surface area contributed by atoms with E-state index in [4.69, 9.17) is 5.26 Å². The minimum absolute atomic E-state index is 0.129. The van der Waals surface area contributed by atoms with E-state index in [1.54, 1.807) is 6.20 Å². The summed E-state index contributed by atoms with van der Waals surface area (Å²) in [4.78, 5) is 4.27. The van der Waals surface area contributed by atoms with Crippen LogP contribution in [0.3, 0.4) is 0 Å². The molecule has 0 bridgehead atoms. The van der Waals surface area contributed by atoms with Gasteiger partial charge in [0.1, 0.15) is 5.82 Å². The molecule has 4 heteroatoms. The summed E-state index contributed by atoms with van der Waals surface area (Å²) in [6.45, 7) is 2.06. The zero-order valence-electron chi connectivity index (χ0n) is 9.89. The van der Waals surface area contributed by atoms with Crippen molar-refractivity contribution in [1.82, 2.24) is 4.98 Å². The Morgan fingerprint density at radius 2 is 2.00 bits per heavy atom. The summed E-state index contributed by atoms with van der Waals surface area (Å²) >= 11 is 3.45. The summed E-state index contributed by atoms with van der Waals surface area (Å²) in [5, 5.41) is 12.1. The number of pyridine rings is 1. The van der Waals surface area contributed by atoms with Crippen LogP contribution in [0, 0.1) is 11.3 Å². The Balaban J connectivity index is 2.15. The Hall–Kier alpha value is -1.86. The maximum atomic E-state index is 8.76. The highest BCUT2D eigenvalue weighted by atomic mass is 79.9. The molecule has 1 heterocycles. The van der Waals surface area contributed by atoms with Crippen molar-refractivity contribution in [3.63, 3.8) is 0 Å². The monoisotopic (exact) mass is 301 g/mol. The maximum Gasteiger partial charge on any atom is 0.140 e. The van der Waals surface area contributed by atoms with E-state index in [-0.39, 0.29) is 6.04 Å². The predicted molar refractivity (Wildman–Crippen MR) is 75.1 cm³/mol. The lowest BCUT2D eigenvalue weighted by molar-refractivity contribution is 0.873. The third-order valence-electron chi connectivity index (χ3n) is 2.65. The summed E-state index contributed by atoms with van der Waals surface area (Å²) in [6.07, 6.45) is 1.75. The summed E-state index contributed by atoms with van der Waals surface area (Å²) in [5.74, 6) is 0.814. The van der Waals surface area contributed by atoms with Gasteiger partial charge in [0.15, 0.2) is 0 Å². The lowest BCUT2D eigenvalue weighted by Gasteiger charge is -2.15. The van der Waals surface area contributed by atoms with Crippen LogP contribution < -0.4 is 5.32 Å². The molecule has 0 radical (unpaired) electrons. The minimum Gasteiger partial charge on any atom is -0.363 e. The molecule has 1 N–H and O–H groups in total. The third kappa shape index (κ3) is 2.88. The standard InChI is InChI=1S/C14H12BrN3/c1-10(12-6-4-11(9-16)5-7-12)18-14-13(15)3-2-8-17-14/h2-8,10H,1H3,(H,17,18). The first-order valence-electron chi connectivity index (χ1n) is 5.58.